The quantitative estimate of drug-likeness (QED) is 0.360. The molecule has 1 amide bonds. The summed E-state index contributed by atoms with van der Waals surface area (Å²) in [7, 11) is 0. The maximum Gasteiger partial charge on any atom is 0.391 e. The molecular formula is C12H20F3N3O2. The number of alkyl halides is 3. The highest BCUT2D eigenvalue weighted by Gasteiger charge is 2.42. The summed E-state index contributed by atoms with van der Waals surface area (Å²) in [6.07, 6.45) is -3.32. The topological polar surface area (TPSA) is 78.9 Å². The van der Waals surface area contributed by atoms with Crippen LogP contribution in [-0.2, 0) is 4.79 Å². The third kappa shape index (κ3) is 4.01. The Kier molecular flexibility index (Phi) is 5.64. The van der Waals surface area contributed by atoms with Crippen molar-refractivity contribution in [2.24, 2.45) is 22.7 Å². The van der Waals surface area contributed by atoms with Gasteiger partial charge in [-0.1, -0.05) is 18.5 Å². The highest BCUT2D eigenvalue weighted by atomic mass is 19.4. The third-order valence-electron chi connectivity index (χ3n) is 3.62. The normalized spacial score (nSPS) is 20.0. The molecule has 0 saturated carbocycles. The van der Waals surface area contributed by atoms with Crippen LogP contribution < -0.4 is 5.73 Å². The Morgan fingerprint density at radius 3 is 2.40 bits per heavy atom. The number of hydrogen-bond donors (Lipinski definition) is 2. The molecular weight excluding hydrogens is 275 g/mol. The van der Waals surface area contributed by atoms with Crippen LogP contribution in [0.3, 0.4) is 0 Å². The summed E-state index contributed by atoms with van der Waals surface area (Å²) in [6.45, 7) is 1.96. The van der Waals surface area contributed by atoms with E-state index in [4.69, 9.17) is 10.9 Å². The van der Waals surface area contributed by atoms with Crippen molar-refractivity contribution >= 4 is 11.7 Å². The number of hydrogen-bond acceptors (Lipinski definition) is 3. The van der Waals surface area contributed by atoms with Crippen molar-refractivity contribution in [1.29, 1.82) is 0 Å². The van der Waals surface area contributed by atoms with Gasteiger partial charge >= 0.3 is 6.18 Å². The second-order valence-corrected chi connectivity index (χ2v) is 5.01. The number of rotatable bonds is 4. The van der Waals surface area contributed by atoms with Gasteiger partial charge in [0.1, 0.15) is 0 Å². The largest absolute Gasteiger partial charge is 0.409 e. The van der Waals surface area contributed by atoms with E-state index >= 15 is 0 Å². The smallest absolute Gasteiger partial charge is 0.391 e. The summed E-state index contributed by atoms with van der Waals surface area (Å²) in [5.74, 6) is -2.65. The molecule has 0 aromatic heterocycles. The van der Waals surface area contributed by atoms with Crippen LogP contribution >= 0.6 is 0 Å². The summed E-state index contributed by atoms with van der Waals surface area (Å²) >= 11 is 0. The molecule has 0 aromatic carbocycles. The molecule has 5 nitrogen and oxygen atoms in total. The lowest BCUT2D eigenvalue weighted by Crippen LogP contribution is -2.47. The van der Waals surface area contributed by atoms with E-state index in [0.29, 0.717) is 12.8 Å². The molecule has 3 N–H and O–H groups in total. The van der Waals surface area contributed by atoms with Crippen LogP contribution in [0.5, 0.6) is 0 Å². The van der Waals surface area contributed by atoms with Gasteiger partial charge in [-0.3, -0.25) is 4.79 Å². The second kappa shape index (κ2) is 6.81. The maximum absolute atomic E-state index is 12.6. The van der Waals surface area contributed by atoms with E-state index in [-0.39, 0.29) is 37.7 Å². The van der Waals surface area contributed by atoms with Crippen molar-refractivity contribution in [3.63, 3.8) is 0 Å². The van der Waals surface area contributed by atoms with Crippen LogP contribution in [0.1, 0.15) is 32.6 Å². The summed E-state index contributed by atoms with van der Waals surface area (Å²) < 4.78 is 37.7. The van der Waals surface area contributed by atoms with Gasteiger partial charge < -0.3 is 15.8 Å². The zero-order valence-electron chi connectivity index (χ0n) is 11.4. The first kappa shape index (κ1) is 16.6. The van der Waals surface area contributed by atoms with E-state index in [1.807, 2.05) is 6.92 Å². The van der Waals surface area contributed by atoms with Gasteiger partial charge in [0.15, 0.2) is 5.84 Å². The molecule has 1 aliphatic rings. The van der Waals surface area contributed by atoms with Crippen molar-refractivity contribution < 1.29 is 23.2 Å². The molecule has 1 unspecified atom stereocenters. The highest BCUT2D eigenvalue weighted by molar-refractivity contribution is 6.02. The van der Waals surface area contributed by atoms with Gasteiger partial charge in [0.2, 0.25) is 5.91 Å². The number of amidine groups is 1. The van der Waals surface area contributed by atoms with Crippen molar-refractivity contribution in [2.45, 2.75) is 38.8 Å². The first-order chi connectivity index (χ1) is 9.31. The fourth-order valence-electron chi connectivity index (χ4n) is 2.40. The zero-order chi connectivity index (χ0) is 15.3. The fraction of sp³-hybridized carbons (Fsp3) is 0.833. The molecule has 0 spiro atoms. The van der Waals surface area contributed by atoms with Gasteiger partial charge in [0.05, 0.1) is 11.8 Å². The number of amides is 1. The van der Waals surface area contributed by atoms with Crippen LogP contribution in [0.15, 0.2) is 5.16 Å². The third-order valence-corrected chi connectivity index (χ3v) is 3.62. The first-order valence-electron chi connectivity index (χ1n) is 6.64. The zero-order valence-corrected chi connectivity index (χ0v) is 11.4. The SMILES string of the molecule is CCCC(C(=O)N1CCC(C(F)(F)F)CC1)C(N)=NO. The van der Waals surface area contributed by atoms with E-state index in [0.717, 1.165) is 0 Å². The van der Waals surface area contributed by atoms with Gasteiger partial charge in [-0.25, -0.2) is 0 Å². The van der Waals surface area contributed by atoms with E-state index in [9.17, 15) is 18.0 Å². The molecule has 1 aliphatic heterocycles. The molecule has 8 heteroatoms. The molecule has 1 saturated heterocycles. The van der Waals surface area contributed by atoms with Crippen LogP contribution in [0.25, 0.3) is 0 Å². The lowest BCUT2D eigenvalue weighted by Gasteiger charge is -2.34. The average Bonchev–Trinajstić information content (AvgIpc) is 2.42. The van der Waals surface area contributed by atoms with Crippen LogP contribution in [0, 0.1) is 11.8 Å². The summed E-state index contributed by atoms with van der Waals surface area (Å²) in [6, 6.07) is 0. The molecule has 0 radical (unpaired) electrons. The lowest BCUT2D eigenvalue weighted by atomic mass is 9.94. The Morgan fingerprint density at radius 2 is 2.00 bits per heavy atom. The van der Waals surface area contributed by atoms with Gasteiger partial charge in [-0.2, -0.15) is 13.2 Å². The number of nitrogens with two attached hydrogens (primary N) is 1. The number of oxime groups is 1. The lowest BCUT2D eigenvalue weighted by molar-refractivity contribution is -0.186. The number of likely N-dealkylation sites (tertiary alicyclic amines) is 1. The maximum atomic E-state index is 12.6. The van der Waals surface area contributed by atoms with Gasteiger partial charge in [0, 0.05) is 13.1 Å². The summed E-state index contributed by atoms with van der Waals surface area (Å²) in [5.41, 5.74) is 5.48. The molecule has 1 heterocycles. The Morgan fingerprint density at radius 1 is 1.45 bits per heavy atom. The number of piperidine rings is 1. The van der Waals surface area contributed by atoms with Crippen LogP contribution in [-0.4, -0.2) is 41.1 Å². The molecule has 1 fully saturated rings. The minimum absolute atomic E-state index is 0.0575. The molecule has 0 bridgehead atoms. The van der Waals surface area contributed by atoms with Crippen molar-refractivity contribution in [2.75, 3.05) is 13.1 Å². The van der Waals surface area contributed by atoms with E-state index in [2.05, 4.69) is 5.16 Å². The van der Waals surface area contributed by atoms with E-state index < -0.39 is 18.0 Å². The summed E-state index contributed by atoms with van der Waals surface area (Å²) in [5, 5.41) is 11.5. The van der Waals surface area contributed by atoms with Crippen molar-refractivity contribution in [1.82, 2.24) is 4.90 Å². The molecule has 1 rings (SSSR count). The van der Waals surface area contributed by atoms with E-state index in [1.165, 1.54) is 4.90 Å². The fourth-order valence-corrected chi connectivity index (χ4v) is 2.40. The molecule has 116 valence electrons. The monoisotopic (exact) mass is 295 g/mol. The van der Waals surface area contributed by atoms with Crippen LogP contribution in [0.2, 0.25) is 0 Å². The Hall–Kier alpha value is -1.47. The summed E-state index contributed by atoms with van der Waals surface area (Å²) in [4.78, 5) is 13.6. The second-order valence-electron chi connectivity index (χ2n) is 5.01. The Labute approximate surface area is 115 Å². The average molecular weight is 295 g/mol. The van der Waals surface area contributed by atoms with Gasteiger partial charge in [-0.15, -0.1) is 0 Å². The predicted octanol–water partition coefficient (Wildman–Crippen LogP) is 1.95. The minimum atomic E-state index is -4.20. The predicted molar refractivity (Wildman–Crippen MR) is 67.2 cm³/mol. The molecule has 0 aliphatic carbocycles. The number of carbonyl (C=O) groups is 1. The minimum Gasteiger partial charge on any atom is -0.409 e. The van der Waals surface area contributed by atoms with Crippen molar-refractivity contribution in [3.8, 4) is 0 Å². The standard InChI is InChI=1S/C12H20F3N3O2/c1-2-3-9(10(16)17-20)11(19)18-6-4-8(5-7-18)12(13,14)15/h8-9,20H,2-7H2,1H3,(H2,16,17). The van der Waals surface area contributed by atoms with Gasteiger partial charge in [-0.05, 0) is 19.3 Å². The van der Waals surface area contributed by atoms with Crippen molar-refractivity contribution in [3.05, 3.63) is 0 Å². The molecule has 0 aromatic rings. The number of nitrogens with zero attached hydrogens (tertiary/aromatic N) is 2. The highest BCUT2D eigenvalue weighted by Crippen LogP contribution is 2.34. The Balaban J connectivity index is 2.65. The number of halogens is 3. The first-order valence-corrected chi connectivity index (χ1v) is 6.64. The van der Waals surface area contributed by atoms with Gasteiger partial charge in [0.25, 0.3) is 0 Å². The van der Waals surface area contributed by atoms with E-state index in [1.54, 1.807) is 0 Å². The number of carbonyl (C=O) groups excluding carboxylic acids is 1. The molecule has 1 atom stereocenters. The van der Waals surface area contributed by atoms with Crippen LogP contribution in [0.4, 0.5) is 13.2 Å². The Bertz CT molecular complexity index is 363. The molecule has 20 heavy (non-hydrogen) atoms.